The third kappa shape index (κ3) is 2.38. The topological polar surface area (TPSA) is 30.5 Å². The molecule has 3 nitrogen and oxygen atoms in total. The summed E-state index contributed by atoms with van der Waals surface area (Å²) in [5, 5.41) is 3.93. The quantitative estimate of drug-likeness (QED) is 0.846. The van der Waals surface area contributed by atoms with E-state index in [2.05, 4.69) is 11.4 Å². The molecule has 1 aliphatic rings. The van der Waals surface area contributed by atoms with E-state index in [1.807, 2.05) is 23.9 Å². The molecule has 15 heavy (non-hydrogen) atoms. The second-order valence-corrected chi connectivity index (χ2v) is 4.76. The van der Waals surface area contributed by atoms with Gasteiger partial charge in [-0.05, 0) is 12.1 Å². The van der Waals surface area contributed by atoms with Gasteiger partial charge in [0.1, 0.15) is 11.5 Å². The summed E-state index contributed by atoms with van der Waals surface area (Å²) in [5.41, 5.74) is 0. The van der Waals surface area contributed by atoms with E-state index in [1.165, 1.54) is 4.90 Å². The lowest BCUT2D eigenvalue weighted by Crippen LogP contribution is -2.44. The van der Waals surface area contributed by atoms with Crippen LogP contribution in [0.25, 0.3) is 0 Å². The summed E-state index contributed by atoms with van der Waals surface area (Å²) in [6.07, 6.45) is 0. The van der Waals surface area contributed by atoms with Crippen molar-refractivity contribution >= 4 is 11.8 Å². The highest BCUT2D eigenvalue weighted by molar-refractivity contribution is 8.00. The van der Waals surface area contributed by atoms with Gasteiger partial charge >= 0.3 is 0 Å². The monoisotopic (exact) mass is 225 g/mol. The highest BCUT2D eigenvalue weighted by Gasteiger charge is 2.19. The second-order valence-electron chi connectivity index (χ2n) is 3.41. The summed E-state index contributed by atoms with van der Waals surface area (Å²) in [4.78, 5) is 1.19. The van der Waals surface area contributed by atoms with Crippen LogP contribution < -0.4 is 14.8 Å². The first kappa shape index (κ1) is 10.6. The number of hydrogen-bond acceptors (Lipinski definition) is 4. The van der Waals surface area contributed by atoms with Gasteiger partial charge in [0.2, 0.25) is 0 Å². The third-order valence-electron chi connectivity index (χ3n) is 2.41. The molecule has 1 aromatic carbocycles. The van der Waals surface area contributed by atoms with E-state index in [0.717, 1.165) is 24.6 Å². The average molecular weight is 225 g/mol. The van der Waals surface area contributed by atoms with Gasteiger partial charge in [0, 0.05) is 29.3 Å². The standard InChI is InChI=1S/C11H15NO2S/c1-13-8-3-4-11(10(5-8)14-2)15-9-6-12-7-9/h3-5,9,12H,6-7H2,1-2H3. The Morgan fingerprint density at radius 1 is 1.27 bits per heavy atom. The zero-order valence-corrected chi connectivity index (χ0v) is 9.76. The van der Waals surface area contributed by atoms with Crippen LogP contribution in [0.15, 0.2) is 23.1 Å². The Morgan fingerprint density at radius 3 is 2.60 bits per heavy atom. The van der Waals surface area contributed by atoms with Crippen molar-refractivity contribution in [2.75, 3.05) is 27.3 Å². The molecule has 0 amide bonds. The summed E-state index contributed by atoms with van der Waals surface area (Å²) < 4.78 is 10.5. The summed E-state index contributed by atoms with van der Waals surface area (Å²) in [5.74, 6) is 1.73. The van der Waals surface area contributed by atoms with Gasteiger partial charge in [0.15, 0.2) is 0 Å². The molecule has 0 spiro atoms. The van der Waals surface area contributed by atoms with Crippen molar-refractivity contribution in [3.8, 4) is 11.5 Å². The molecule has 0 bridgehead atoms. The molecule has 1 N–H and O–H groups in total. The van der Waals surface area contributed by atoms with E-state index in [-0.39, 0.29) is 0 Å². The van der Waals surface area contributed by atoms with Crippen LogP contribution in [0.2, 0.25) is 0 Å². The van der Waals surface area contributed by atoms with Crippen LogP contribution in [0.4, 0.5) is 0 Å². The molecule has 1 heterocycles. The van der Waals surface area contributed by atoms with Crippen LogP contribution in [0.5, 0.6) is 11.5 Å². The molecule has 2 rings (SSSR count). The van der Waals surface area contributed by atoms with Crippen molar-refractivity contribution < 1.29 is 9.47 Å². The zero-order chi connectivity index (χ0) is 10.7. The fraction of sp³-hybridized carbons (Fsp3) is 0.455. The maximum absolute atomic E-state index is 5.34. The van der Waals surface area contributed by atoms with Crippen molar-refractivity contribution in [2.24, 2.45) is 0 Å². The normalized spacial score (nSPS) is 15.9. The minimum atomic E-state index is 0.673. The van der Waals surface area contributed by atoms with Crippen LogP contribution in [0, 0.1) is 0 Å². The molecule has 4 heteroatoms. The van der Waals surface area contributed by atoms with Crippen LogP contribution in [0.1, 0.15) is 0 Å². The van der Waals surface area contributed by atoms with Gasteiger partial charge < -0.3 is 14.8 Å². The van der Waals surface area contributed by atoms with Crippen LogP contribution in [-0.2, 0) is 0 Å². The molecule has 0 unspecified atom stereocenters. The van der Waals surface area contributed by atoms with Gasteiger partial charge in [-0.3, -0.25) is 0 Å². The molecule has 0 atom stereocenters. The van der Waals surface area contributed by atoms with Crippen LogP contribution >= 0.6 is 11.8 Å². The van der Waals surface area contributed by atoms with Crippen molar-refractivity contribution in [1.29, 1.82) is 0 Å². The maximum atomic E-state index is 5.34. The van der Waals surface area contributed by atoms with Crippen molar-refractivity contribution in [2.45, 2.75) is 10.1 Å². The van der Waals surface area contributed by atoms with Gasteiger partial charge in [-0.25, -0.2) is 0 Å². The molecule has 0 saturated carbocycles. The number of hydrogen-bond donors (Lipinski definition) is 1. The van der Waals surface area contributed by atoms with Gasteiger partial charge in [-0.1, -0.05) is 0 Å². The number of rotatable bonds is 4. The highest BCUT2D eigenvalue weighted by Crippen LogP contribution is 2.35. The predicted octanol–water partition coefficient (Wildman–Crippen LogP) is 1.77. The summed E-state index contributed by atoms with van der Waals surface area (Å²) in [7, 11) is 3.36. The van der Waals surface area contributed by atoms with E-state index in [9.17, 15) is 0 Å². The molecular formula is C11H15NO2S. The van der Waals surface area contributed by atoms with Gasteiger partial charge in [0.25, 0.3) is 0 Å². The molecule has 1 fully saturated rings. The molecule has 0 aliphatic carbocycles. The number of ether oxygens (including phenoxy) is 2. The van der Waals surface area contributed by atoms with Crippen molar-refractivity contribution in [3.63, 3.8) is 0 Å². The Labute approximate surface area is 94.2 Å². The second kappa shape index (κ2) is 4.77. The average Bonchev–Trinajstić information content (AvgIpc) is 2.23. The fourth-order valence-electron chi connectivity index (χ4n) is 1.40. The molecule has 1 aliphatic heterocycles. The van der Waals surface area contributed by atoms with Crippen LogP contribution in [0.3, 0.4) is 0 Å². The maximum Gasteiger partial charge on any atom is 0.136 e. The molecule has 0 radical (unpaired) electrons. The minimum absolute atomic E-state index is 0.673. The van der Waals surface area contributed by atoms with E-state index in [4.69, 9.17) is 9.47 Å². The smallest absolute Gasteiger partial charge is 0.136 e. The van der Waals surface area contributed by atoms with Gasteiger partial charge in [-0.2, -0.15) is 0 Å². The minimum Gasteiger partial charge on any atom is -0.497 e. The number of benzene rings is 1. The van der Waals surface area contributed by atoms with E-state index in [1.54, 1.807) is 14.2 Å². The molecule has 1 aromatic rings. The molecule has 82 valence electrons. The third-order valence-corrected chi connectivity index (χ3v) is 3.67. The first-order chi connectivity index (χ1) is 7.33. The molecular weight excluding hydrogens is 210 g/mol. The van der Waals surface area contributed by atoms with Crippen molar-refractivity contribution in [3.05, 3.63) is 18.2 Å². The van der Waals surface area contributed by atoms with E-state index >= 15 is 0 Å². The summed E-state index contributed by atoms with van der Waals surface area (Å²) in [6, 6.07) is 5.95. The highest BCUT2D eigenvalue weighted by atomic mass is 32.2. The summed E-state index contributed by atoms with van der Waals surface area (Å²) >= 11 is 1.86. The van der Waals surface area contributed by atoms with Crippen LogP contribution in [-0.4, -0.2) is 32.6 Å². The number of thioether (sulfide) groups is 1. The van der Waals surface area contributed by atoms with E-state index in [0.29, 0.717) is 5.25 Å². The van der Waals surface area contributed by atoms with Gasteiger partial charge in [0.05, 0.1) is 14.2 Å². The first-order valence-electron chi connectivity index (χ1n) is 4.93. The molecule has 1 saturated heterocycles. The Balaban J connectivity index is 2.13. The number of nitrogens with one attached hydrogen (secondary N) is 1. The Morgan fingerprint density at radius 2 is 2.07 bits per heavy atom. The van der Waals surface area contributed by atoms with Crippen molar-refractivity contribution in [1.82, 2.24) is 5.32 Å². The first-order valence-corrected chi connectivity index (χ1v) is 5.81. The lowest BCUT2D eigenvalue weighted by Gasteiger charge is -2.26. The Hall–Kier alpha value is -0.870. The SMILES string of the molecule is COc1ccc(SC2CNC2)c(OC)c1. The lowest BCUT2D eigenvalue weighted by atomic mass is 10.3. The molecule has 0 aromatic heterocycles. The number of methoxy groups -OCH3 is 2. The Bertz CT molecular complexity index is 339. The summed E-state index contributed by atoms with van der Waals surface area (Å²) in [6.45, 7) is 2.17. The van der Waals surface area contributed by atoms with E-state index < -0.39 is 0 Å². The largest absolute Gasteiger partial charge is 0.497 e. The lowest BCUT2D eigenvalue weighted by molar-refractivity contribution is 0.387. The fourth-order valence-corrected chi connectivity index (χ4v) is 2.56. The Kier molecular flexibility index (Phi) is 3.38. The zero-order valence-electron chi connectivity index (χ0n) is 8.95. The predicted molar refractivity (Wildman–Crippen MR) is 62.1 cm³/mol. The van der Waals surface area contributed by atoms with Gasteiger partial charge in [-0.15, -0.1) is 11.8 Å².